The number of benzene rings is 1. The van der Waals surface area contributed by atoms with Crippen LogP contribution in [0.5, 0.6) is 5.75 Å². The molecule has 1 nitrogen and oxygen atoms in total. The number of halogens is 5. The lowest BCUT2D eigenvalue weighted by Gasteiger charge is -2.38. The average Bonchev–Trinajstić information content (AvgIpc) is 2.76. The number of ether oxygens (including phenoxy) is 1. The van der Waals surface area contributed by atoms with Crippen LogP contribution >= 0.6 is 0 Å². The number of hydrogen-bond donors (Lipinski definition) is 0. The van der Waals surface area contributed by atoms with Crippen LogP contribution in [0.4, 0.5) is 22.0 Å². The SMILES string of the molecule is C/C=C/CCCC[C@H]1CC[C@H]([C@H]2CC[C@H](c3cc(F)c(OC(F)(F)F)c(F)c3)CC2)CC1. The highest BCUT2D eigenvalue weighted by molar-refractivity contribution is 5.33. The van der Waals surface area contributed by atoms with E-state index in [1.54, 1.807) is 0 Å². The molecule has 0 bridgehead atoms. The average molecular weight is 459 g/mol. The van der Waals surface area contributed by atoms with Crippen molar-refractivity contribution in [2.24, 2.45) is 17.8 Å². The third-order valence-corrected chi connectivity index (χ3v) is 7.51. The Bertz CT molecular complexity index is 718. The van der Waals surface area contributed by atoms with Crippen molar-refractivity contribution in [2.75, 3.05) is 0 Å². The third kappa shape index (κ3) is 7.21. The zero-order valence-electron chi connectivity index (χ0n) is 18.9. The standard InChI is InChI=1S/C26H35F5O/c1-2-3-4-5-6-7-18-8-10-19(11-9-18)20-12-14-21(15-13-20)22-16-23(27)25(24(28)17-22)32-26(29,30)31/h2-3,16-21H,4-15H2,1H3/b3-2+/t18-,19-,20-,21-. The van der Waals surface area contributed by atoms with Crippen LogP contribution in [0.3, 0.4) is 0 Å². The molecule has 2 saturated carbocycles. The van der Waals surface area contributed by atoms with Crippen LogP contribution in [0.2, 0.25) is 0 Å². The lowest BCUT2D eigenvalue weighted by atomic mass is 9.68. The van der Waals surface area contributed by atoms with Crippen molar-refractivity contribution >= 4 is 0 Å². The first kappa shape index (κ1) is 25.0. The van der Waals surface area contributed by atoms with Gasteiger partial charge in [-0.3, -0.25) is 0 Å². The summed E-state index contributed by atoms with van der Waals surface area (Å²) >= 11 is 0. The van der Waals surface area contributed by atoms with Crippen LogP contribution in [-0.4, -0.2) is 6.36 Å². The Labute approximate surface area is 188 Å². The maximum absolute atomic E-state index is 14.1. The largest absolute Gasteiger partial charge is 0.573 e. The van der Waals surface area contributed by atoms with Gasteiger partial charge in [0, 0.05) is 0 Å². The quantitative estimate of drug-likeness (QED) is 0.214. The Hall–Kier alpha value is -1.59. The van der Waals surface area contributed by atoms with E-state index in [4.69, 9.17) is 0 Å². The van der Waals surface area contributed by atoms with Crippen LogP contribution in [0.1, 0.15) is 95.5 Å². The van der Waals surface area contributed by atoms with Crippen molar-refractivity contribution in [1.82, 2.24) is 0 Å². The van der Waals surface area contributed by atoms with Crippen LogP contribution in [-0.2, 0) is 0 Å². The first-order chi connectivity index (χ1) is 15.3. The Morgan fingerprint density at radius 2 is 1.44 bits per heavy atom. The van der Waals surface area contributed by atoms with Crippen LogP contribution in [0.15, 0.2) is 24.3 Å². The fraction of sp³-hybridized carbons (Fsp3) is 0.692. The second-order valence-electron chi connectivity index (χ2n) is 9.61. The molecule has 6 heteroatoms. The lowest BCUT2D eigenvalue weighted by molar-refractivity contribution is -0.276. The van der Waals surface area contributed by atoms with E-state index in [-0.39, 0.29) is 5.92 Å². The zero-order chi connectivity index (χ0) is 23.1. The summed E-state index contributed by atoms with van der Waals surface area (Å²) in [7, 11) is 0. The van der Waals surface area contributed by atoms with Gasteiger partial charge in [0.25, 0.3) is 0 Å². The van der Waals surface area contributed by atoms with Gasteiger partial charge in [-0.05, 0) is 99.7 Å². The fourth-order valence-electron chi connectivity index (χ4n) is 5.76. The first-order valence-corrected chi connectivity index (χ1v) is 12.1. The van der Waals surface area contributed by atoms with Crippen LogP contribution in [0.25, 0.3) is 0 Å². The molecular formula is C26H35F5O. The van der Waals surface area contributed by atoms with Gasteiger partial charge >= 0.3 is 6.36 Å². The minimum Gasteiger partial charge on any atom is -0.399 e. The molecule has 1 aromatic rings. The highest BCUT2D eigenvalue weighted by atomic mass is 19.4. The highest BCUT2D eigenvalue weighted by Crippen LogP contribution is 2.45. The number of unbranched alkanes of at least 4 members (excludes halogenated alkanes) is 2. The summed E-state index contributed by atoms with van der Waals surface area (Å²) in [4.78, 5) is 0. The molecular weight excluding hydrogens is 423 g/mol. The molecule has 0 unspecified atom stereocenters. The molecule has 0 radical (unpaired) electrons. The van der Waals surface area contributed by atoms with Crippen LogP contribution < -0.4 is 4.74 Å². The second kappa shape index (κ2) is 11.5. The number of rotatable bonds is 8. The van der Waals surface area contributed by atoms with Crippen molar-refractivity contribution in [2.45, 2.75) is 96.3 Å². The maximum Gasteiger partial charge on any atom is 0.573 e. The third-order valence-electron chi connectivity index (χ3n) is 7.51. The molecule has 0 spiro atoms. The van der Waals surface area contributed by atoms with Gasteiger partial charge in [-0.25, -0.2) is 8.78 Å². The molecule has 0 aliphatic heterocycles. The number of alkyl halides is 3. The van der Waals surface area contributed by atoms with Gasteiger partial charge in [0.2, 0.25) is 5.75 Å². The van der Waals surface area contributed by atoms with E-state index >= 15 is 0 Å². The van der Waals surface area contributed by atoms with Crippen molar-refractivity contribution in [3.8, 4) is 5.75 Å². The van der Waals surface area contributed by atoms with E-state index in [1.807, 2.05) is 0 Å². The van der Waals surface area contributed by atoms with Crippen molar-refractivity contribution in [3.05, 3.63) is 41.5 Å². The van der Waals surface area contributed by atoms with Crippen LogP contribution in [0, 0.1) is 29.4 Å². The summed E-state index contributed by atoms with van der Waals surface area (Å²) in [6.45, 7) is 2.06. The molecule has 0 aromatic heterocycles. The fourth-order valence-corrected chi connectivity index (χ4v) is 5.76. The van der Waals surface area contributed by atoms with Crippen molar-refractivity contribution < 1.29 is 26.7 Å². The summed E-state index contributed by atoms with van der Waals surface area (Å²) in [5, 5.41) is 0. The predicted octanol–water partition coefficient (Wildman–Crippen LogP) is 9.08. The van der Waals surface area contributed by atoms with E-state index in [9.17, 15) is 22.0 Å². The van der Waals surface area contributed by atoms with Gasteiger partial charge in [0.15, 0.2) is 11.6 Å². The van der Waals surface area contributed by atoms with E-state index in [0.29, 0.717) is 11.5 Å². The first-order valence-electron chi connectivity index (χ1n) is 12.1. The van der Waals surface area contributed by atoms with Gasteiger partial charge in [-0.2, -0.15) is 0 Å². The Morgan fingerprint density at radius 3 is 1.97 bits per heavy atom. The Kier molecular flexibility index (Phi) is 9.01. The topological polar surface area (TPSA) is 9.23 Å². The molecule has 0 amide bonds. The summed E-state index contributed by atoms with van der Waals surface area (Å²) in [5.41, 5.74) is 0.439. The summed E-state index contributed by atoms with van der Waals surface area (Å²) in [6.07, 6.45) is 13.2. The zero-order valence-corrected chi connectivity index (χ0v) is 18.9. The van der Waals surface area contributed by atoms with E-state index in [1.165, 1.54) is 51.4 Å². The lowest BCUT2D eigenvalue weighted by Crippen LogP contribution is -2.25. The van der Waals surface area contributed by atoms with E-state index < -0.39 is 23.7 Å². The number of hydrogen-bond acceptors (Lipinski definition) is 1. The Morgan fingerprint density at radius 1 is 0.875 bits per heavy atom. The monoisotopic (exact) mass is 458 g/mol. The molecule has 32 heavy (non-hydrogen) atoms. The minimum atomic E-state index is -5.12. The predicted molar refractivity (Wildman–Crippen MR) is 116 cm³/mol. The minimum absolute atomic E-state index is 0.0105. The molecule has 0 heterocycles. The molecule has 0 atom stereocenters. The summed E-state index contributed by atoms with van der Waals surface area (Å²) in [5.74, 6) is -1.70. The van der Waals surface area contributed by atoms with Gasteiger partial charge < -0.3 is 4.74 Å². The maximum atomic E-state index is 14.1. The molecule has 2 aliphatic rings. The van der Waals surface area contributed by atoms with Gasteiger partial charge in [-0.1, -0.05) is 37.8 Å². The van der Waals surface area contributed by atoms with Gasteiger partial charge in [0.05, 0.1) is 0 Å². The van der Waals surface area contributed by atoms with E-state index in [0.717, 1.165) is 49.7 Å². The molecule has 180 valence electrons. The normalized spacial score (nSPS) is 27.1. The Balaban J connectivity index is 1.45. The second-order valence-corrected chi connectivity index (χ2v) is 9.61. The molecule has 2 aliphatic carbocycles. The highest BCUT2D eigenvalue weighted by Gasteiger charge is 2.35. The van der Waals surface area contributed by atoms with Gasteiger partial charge in [-0.15, -0.1) is 13.2 Å². The molecule has 0 saturated heterocycles. The van der Waals surface area contributed by atoms with Gasteiger partial charge in [0.1, 0.15) is 0 Å². The molecule has 3 rings (SSSR count). The van der Waals surface area contributed by atoms with E-state index in [2.05, 4.69) is 23.8 Å². The number of allylic oxidation sites excluding steroid dienone is 2. The van der Waals surface area contributed by atoms with Crippen molar-refractivity contribution in [1.29, 1.82) is 0 Å². The van der Waals surface area contributed by atoms with Crippen molar-refractivity contribution in [3.63, 3.8) is 0 Å². The molecule has 2 fully saturated rings. The smallest absolute Gasteiger partial charge is 0.399 e. The molecule has 1 aromatic carbocycles. The summed E-state index contributed by atoms with van der Waals surface area (Å²) < 4.78 is 68.7. The summed E-state index contributed by atoms with van der Waals surface area (Å²) in [6, 6.07) is 2.02. The molecule has 0 N–H and O–H groups in total.